The van der Waals surface area contributed by atoms with Gasteiger partial charge in [-0.2, -0.15) is 0 Å². The fraction of sp³-hybridized carbons (Fsp3) is 0.438. The number of benzene rings is 1. The van der Waals surface area contributed by atoms with Crippen LogP contribution in [0, 0.1) is 0 Å². The molecule has 1 aromatic carbocycles. The Kier molecular flexibility index (Phi) is 4.56. The first-order chi connectivity index (χ1) is 11.1. The Balaban J connectivity index is 1.58. The van der Waals surface area contributed by atoms with E-state index in [1.165, 1.54) is 16.7 Å². The van der Waals surface area contributed by atoms with Gasteiger partial charge in [-0.25, -0.2) is 0 Å². The zero-order valence-corrected chi connectivity index (χ0v) is 13.7. The van der Waals surface area contributed by atoms with Crippen LogP contribution in [0.3, 0.4) is 0 Å². The topological polar surface area (TPSA) is 66.9 Å². The number of ether oxygens (including phenoxy) is 1. The molecule has 0 spiro atoms. The molecule has 0 N–H and O–H groups in total. The van der Waals surface area contributed by atoms with E-state index < -0.39 is 12.1 Å². The standard InChI is InChI=1S/C16H18N2O4S/c1-11(22-14(19)10-17-8-9-23-16(17)21)15(20)18-7-6-12-4-2-3-5-13(12)18/h2-5,11H,6-10H2,1H3/t11-/m1/s1. The highest BCUT2D eigenvalue weighted by Crippen LogP contribution is 2.28. The molecule has 2 aliphatic rings. The average molecular weight is 334 g/mol. The van der Waals surface area contributed by atoms with Gasteiger partial charge in [-0.3, -0.25) is 14.4 Å². The number of hydrogen-bond donors (Lipinski definition) is 0. The molecule has 2 amide bonds. The van der Waals surface area contributed by atoms with E-state index in [0.29, 0.717) is 18.8 Å². The average Bonchev–Trinajstić information content (AvgIpc) is 3.13. The van der Waals surface area contributed by atoms with Crippen molar-refractivity contribution in [3.63, 3.8) is 0 Å². The molecule has 1 fully saturated rings. The number of carbonyl (C=O) groups is 3. The van der Waals surface area contributed by atoms with Crippen LogP contribution in [-0.2, 0) is 20.7 Å². The van der Waals surface area contributed by atoms with Crippen LogP contribution in [-0.4, -0.2) is 53.5 Å². The first-order valence-electron chi connectivity index (χ1n) is 7.56. The van der Waals surface area contributed by atoms with Crippen LogP contribution in [0.2, 0.25) is 0 Å². The molecule has 0 bridgehead atoms. The highest BCUT2D eigenvalue weighted by atomic mass is 32.2. The van der Waals surface area contributed by atoms with Gasteiger partial charge in [0, 0.05) is 24.5 Å². The van der Waals surface area contributed by atoms with Gasteiger partial charge in [-0.1, -0.05) is 30.0 Å². The van der Waals surface area contributed by atoms with Crippen molar-refractivity contribution >= 4 is 34.6 Å². The summed E-state index contributed by atoms with van der Waals surface area (Å²) in [6.45, 7) is 2.61. The maximum absolute atomic E-state index is 12.5. The molecule has 0 unspecified atom stereocenters. The van der Waals surface area contributed by atoms with Gasteiger partial charge in [0.1, 0.15) is 6.54 Å². The molecule has 3 rings (SSSR count). The minimum Gasteiger partial charge on any atom is -0.451 e. The van der Waals surface area contributed by atoms with Crippen molar-refractivity contribution in [2.24, 2.45) is 0 Å². The Hall–Kier alpha value is -2.02. The molecule has 0 aliphatic carbocycles. The van der Waals surface area contributed by atoms with Gasteiger partial charge in [-0.05, 0) is 25.0 Å². The predicted octanol–water partition coefficient (Wildman–Crippen LogP) is 1.68. The largest absolute Gasteiger partial charge is 0.451 e. The zero-order chi connectivity index (χ0) is 16.4. The smallest absolute Gasteiger partial charge is 0.326 e. The lowest BCUT2D eigenvalue weighted by Crippen LogP contribution is -2.41. The normalized spacial score (nSPS) is 18.0. The summed E-state index contributed by atoms with van der Waals surface area (Å²) in [5.74, 6) is -0.0925. The highest BCUT2D eigenvalue weighted by molar-refractivity contribution is 8.13. The minimum atomic E-state index is -0.862. The summed E-state index contributed by atoms with van der Waals surface area (Å²) in [6.07, 6.45) is -0.0544. The van der Waals surface area contributed by atoms with Crippen molar-refractivity contribution in [3.8, 4) is 0 Å². The van der Waals surface area contributed by atoms with Crippen molar-refractivity contribution < 1.29 is 19.1 Å². The molecule has 0 aromatic heterocycles. The van der Waals surface area contributed by atoms with E-state index >= 15 is 0 Å². The fourth-order valence-corrected chi connectivity index (χ4v) is 3.62. The molecule has 2 aliphatic heterocycles. The summed E-state index contributed by atoms with van der Waals surface area (Å²) in [5.41, 5.74) is 2.01. The molecule has 1 atom stereocenters. The molecule has 7 heteroatoms. The lowest BCUT2D eigenvalue weighted by Gasteiger charge is -2.22. The third kappa shape index (κ3) is 3.34. The lowest BCUT2D eigenvalue weighted by atomic mass is 10.2. The number of fused-ring (bicyclic) bond motifs is 1. The highest BCUT2D eigenvalue weighted by Gasteiger charge is 2.31. The molecule has 0 radical (unpaired) electrons. The first kappa shape index (κ1) is 15.9. The van der Waals surface area contributed by atoms with Crippen LogP contribution < -0.4 is 4.90 Å². The summed E-state index contributed by atoms with van der Waals surface area (Å²) in [5, 5.41) is -0.116. The van der Waals surface area contributed by atoms with Crippen molar-refractivity contribution in [2.45, 2.75) is 19.4 Å². The Morgan fingerprint density at radius 2 is 2.09 bits per heavy atom. The summed E-state index contributed by atoms with van der Waals surface area (Å²) in [6, 6.07) is 7.73. The van der Waals surface area contributed by atoms with E-state index in [1.807, 2.05) is 24.3 Å². The van der Waals surface area contributed by atoms with Crippen molar-refractivity contribution in [3.05, 3.63) is 29.8 Å². The van der Waals surface area contributed by atoms with Gasteiger partial charge in [0.15, 0.2) is 6.10 Å². The Morgan fingerprint density at radius 1 is 1.30 bits per heavy atom. The van der Waals surface area contributed by atoms with Gasteiger partial charge in [0.25, 0.3) is 11.1 Å². The number of hydrogen-bond acceptors (Lipinski definition) is 5. The second-order valence-electron chi connectivity index (χ2n) is 5.54. The number of esters is 1. The van der Waals surface area contributed by atoms with Crippen LogP contribution in [0.15, 0.2) is 24.3 Å². The number of para-hydroxylation sites is 1. The molecule has 6 nitrogen and oxygen atoms in total. The lowest BCUT2D eigenvalue weighted by molar-refractivity contribution is -0.154. The monoisotopic (exact) mass is 334 g/mol. The molecule has 122 valence electrons. The van der Waals surface area contributed by atoms with Crippen LogP contribution in [0.4, 0.5) is 10.5 Å². The van der Waals surface area contributed by atoms with Crippen LogP contribution in [0.25, 0.3) is 0 Å². The summed E-state index contributed by atoms with van der Waals surface area (Å²) in [7, 11) is 0. The van der Waals surface area contributed by atoms with Gasteiger partial charge < -0.3 is 14.5 Å². The van der Waals surface area contributed by atoms with Gasteiger partial charge in [-0.15, -0.1) is 0 Å². The third-order valence-corrected chi connectivity index (χ3v) is 4.87. The number of carbonyl (C=O) groups excluding carboxylic acids is 3. The molecule has 1 aromatic rings. The van der Waals surface area contributed by atoms with Crippen molar-refractivity contribution in [1.82, 2.24) is 4.90 Å². The van der Waals surface area contributed by atoms with Gasteiger partial charge >= 0.3 is 5.97 Å². The number of nitrogens with zero attached hydrogens (tertiary/aromatic N) is 2. The van der Waals surface area contributed by atoms with Gasteiger partial charge in [0.05, 0.1) is 0 Å². The predicted molar refractivity (Wildman–Crippen MR) is 87.5 cm³/mol. The molecule has 1 saturated heterocycles. The Bertz CT molecular complexity index is 649. The summed E-state index contributed by atoms with van der Waals surface area (Å²) < 4.78 is 5.22. The molecule has 0 saturated carbocycles. The molecule has 2 heterocycles. The van der Waals surface area contributed by atoms with E-state index in [9.17, 15) is 14.4 Å². The molecular weight excluding hydrogens is 316 g/mol. The van der Waals surface area contributed by atoms with Crippen molar-refractivity contribution in [2.75, 3.05) is 30.3 Å². The number of amides is 2. The summed E-state index contributed by atoms with van der Waals surface area (Å²) in [4.78, 5) is 39.0. The minimum absolute atomic E-state index is 0.0972. The molecule has 23 heavy (non-hydrogen) atoms. The second kappa shape index (κ2) is 6.62. The second-order valence-corrected chi connectivity index (χ2v) is 6.58. The Labute approximate surface area is 138 Å². The van der Waals surface area contributed by atoms with E-state index in [2.05, 4.69) is 0 Å². The number of rotatable bonds is 4. The van der Waals surface area contributed by atoms with Crippen LogP contribution in [0.5, 0.6) is 0 Å². The number of thioether (sulfide) groups is 1. The zero-order valence-electron chi connectivity index (χ0n) is 12.9. The van der Waals surface area contributed by atoms with E-state index in [4.69, 9.17) is 4.74 Å². The Morgan fingerprint density at radius 3 is 2.83 bits per heavy atom. The quantitative estimate of drug-likeness (QED) is 0.784. The maximum atomic E-state index is 12.5. The maximum Gasteiger partial charge on any atom is 0.326 e. The van der Waals surface area contributed by atoms with Crippen LogP contribution in [0.1, 0.15) is 12.5 Å². The van der Waals surface area contributed by atoms with Gasteiger partial charge in [0.2, 0.25) is 0 Å². The van der Waals surface area contributed by atoms with E-state index in [-0.39, 0.29) is 17.7 Å². The van der Waals surface area contributed by atoms with E-state index in [0.717, 1.165) is 17.7 Å². The molecular formula is C16H18N2O4S. The fourth-order valence-electron chi connectivity index (χ4n) is 2.80. The first-order valence-corrected chi connectivity index (χ1v) is 8.55. The number of anilines is 1. The SMILES string of the molecule is C[C@@H](OC(=O)CN1CCSC1=O)C(=O)N1CCc2ccccc21. The van der Waals surface area contributed by atoms with E-state index in [1.54, 1.807) is 11.8 Å². The van der Waals surface area contributed by atoms with Crippen LogP contribution >= 0.6 is 11.8 Å². The summed E-state index contributed by atoms with van der Waals surface area (Å²) >= 11 is 1.19. The van der Waals surface area contributed by atoms with Crippen molar-refractivity contribution in [1.29, 1.82) is 0 Å². The third-order valence-electron chi connectivity index (χ3n) is 3.97.